The van der Waals surface area contributed by atoms with E-state index in [0.717, 1.165) is 19.3 Å². The minimum absolute atomic E-state index is 0.114. The van der Waals surface area contributed by atoms with Crippen molar-refractivity contribution in [1.82, 2.24) is 0 Å². The maximum atomic E-state index is 11.2. The van der Waals surface area contributed by atoms with E-state index in [1.807, 2.05) is 0 Å². The van der Waals surface area contributed by atoms with Gasteiger partial charge >= 0.3 is 0 Å². The van der Waals surface area contributed by atoms with E-state index in [2.05, 4.69) is 6.92 Å². The molecule has 0 fully saturated rings. The summed E-state index contributed by atoms with van der Waals surface area (Å²) in [5, 5.41) is 0.229. The summed E-state index contributed by atoms with van der Waals surface area (Å²) in [6.07, 6.45) is 5.89. The van der Waals surface area contributed by atoms with Gasteiger partial charge in [0, 0.05) is 0 Å². The molecule has 0 bridgehead atoms. The second kappa shape index (κ2) is 4.69. The SMILES string of the molecule is CCCCC1(Cl)C=C(Cl)C(=O)C(Cl)=C1. The highest BCUT2D eigenvalue weighted by Gasteiger charge is 2.30. The molecule has 1 aliphatic rings. The van der Waals surface area contributed by atoms with Crippen molar-refractivity contribution >= 4 is 40.6 Å². The van der Waals surface area contributed by atoms with Gasteiger partial charge in [0.25, 0.3) is 0 Å². The third-order valence-corrected chi connectivity index (χ3v) is 3.05. The maximum absolute atomic E-state index is 11.2. The molecule has 4 heteroatoms. The molecule has 0 heterocycles. The average molecular weight is 254 g/mol. The summed E-state index contributed by atoms with van der Waals surface area (Å²) in [6.45, 7) is 2.07. The highest BCUT2D eigenvalue weighted by Crippen LogP contribution is 2.35. The topological polar surface area (TPSA) is 17.1 Å². The van der Waals surface area contributed by atoms with Crippen molar-refractivity contribution in [3.8, 4) is 0 Å². The van der Waals surface area contributed by atoms with Gasteiger partial charge in [-0.15, -0.1) is 11.6 Å². The summed E-state index contributed by atoms with van der Waals surface area (Å²) in [5.41, 5.74) is 0. The number of unbranched alkanes of at least 4 members (excludes halogenated alkanes) is 1. The van der Waals surface area contributed by atoms with E-state index in [9.17, 15) is 4.79 Å². The normalized spacial score (nSPS) is 20.4. The zero-order chi connectivity index (χ0) is 10.8. The van der Waals surface area contributed by atoms with Crippen molar-refractivity contribution in [2.75, 3.05) is 0 Å². The maximum Gasteiger partial charge on any atom is 0.215 e. The van der Waals surface area contributed by atoms with Crippen LogP contribution < -0.4 is 0 Å². The first-order chi connectivity index (χ1) is 6.48. The molecule has 0 spiro atoms. The molecule has 78 valence electrons. The second-order valence-electron chi connectivity index (χ2n) is 3.34. The van der Waals surface area contributed by atoms with E-state index in [-0.39, 0.29) is 15.8 Å². The average Bonchev–Trinajstić information content (AvgIpc) is 2.11. The molecule has 0 aromatic carbocycles. The molecule has 14 heavy (non-hydrogen) atoms. The molecule has 1 aliphatic carbocycles. The van der Waals surface area contributed by atoms with Gasteiger partial charge in [-0.25, -0.2) is 0 Å². The Morgan fingerprint density at radius 2 is 1.79 bits per heavy atom. The van der Waals surface area contributed by atoms with Gasteiger partial charge in [0.1, 0.15) is 0 Å². The summed E-state index contributed by atoms with van der Waals surface area (Å²) in [5.74, 6) is -0.346. The first-order valence-corrected chi connectivity index (χ1v) is 5.62. The molecule has 0 radical (unpaired) electrons. The van der Waals surface area contributed by atoms with Crippen molar-refractivity contribution in [3.63, 3.8) is 0 Å². The molecule has 0 aromatic heterocycles. The molecular weight excluding hydrogens is 242 g/mol. The fourth-order valence-corrected chi connectivity index (χ4v) is 2.41. The third kappa shape index (κ3) is 2.75. The Balaban J connectivity index is 2.85. The number of Topliss-reactive ketones (excluding diaryl/α,β-unsaturated/α-hetero) is 1. The highest BCUT2D eigenvalue weighted by atomic mass is 35.5. The Morgan fingerprint density at radius 1 is 1.29 bits per heavy atom. The first kappa shape index (κ1) is 12.1. The van der Waals surface area contributed by atoms with Crippen molar-refractivity contribution in [2.45, 2.75) is 31.1 Å². The Morgan fingerprint density at radius 3 is 2.21 bits per heavy atom. The second-order valence-corrected chi connectivity index (χ2v) is 4.86. The van der Waals surface area contributed by atoms with Gasteiger partial charge in [0.2, 0.25) is 5.78 Å². The molecule has 0 N–H and O–H groups in total. The number of carbonyl (C=O) groups excluding carboxylic acids is 1. The quantitative estimate of drug-likeness (QED) is 0.695. The lowest BCUT2D eigenvalue weighted by molar-refractivity contribution is -0.111. The number of alkyl halides is 1. The van der Waals surface area contributed by atoms with Gasteiger partial charge in [-0.1, -0.05) is 43.0 Å². The van der Waals surface area contributed by atoms with Crippen LogP contribution in [0.4, 0.5) is 0 Å². The summed E-state index contributed by atoms with van der Waals surface area (Å²) in [4.78, 5) is 10.5. The van der Waals surface area contributed by atoms with E-state index in [1.165, 1.54) is 0 Å². The van der Waals surface area contributed by atoms with Crippen LogP contribution in [-0.4, -0.2) is 10.7 Å². The number of carbonyl (C=O) groups is 1. The van der Waals surface area contributed by atoms with E-state index < -0.39 is 4.87 Å². The van der Waals surface area contributed by atoms with E-state index in [4.69, 9.17) is 34.8 Å². The summed E-state index contributed by atoms with van der Waals surface area (Å²) in [6, 6.07) is 0. The van der Waals surface area contributed by atoms with Crippen molar-refractivity contribution in [3.05, 3.63) is 22.2 Å². The Labute approximate surface area is 98.7 Å². The van der Waals surface area contributed by atoms with Crippen LogP contribution in [-0.2, 0) is 4.79 Å². The number of ketones is 1. The van der Waals surface area contributed by atoms with Gasteiger partial charge < -0.3 is 0 Å². The van der Waals surface area contributed by atoms with Gasteiger partial charge in [-0.3, -0.25) is 4.79 Å². The fourth-order valence-electron chi connectivity index (χ4n) is 1.30. The fraction of sp³-hybridized carbons (Fsp3) is 0.500. The lowest BCUT2D eigenvalue weighted by Gasteiger charge is -2.23. The summed E-state index contributed by atoms with van der Waals surface area (Å²) >= 11 is 17.7. The molecule has 0 aliphatic heterocycles. The third-order valence-electron chi connectivity index (χ3n) is 2.08. The van der Waals surface area contributed by atoms with Gasteiger partial charge in [-0.05, 0) is 18.6 Å². The van der Waals surface area contributed by atoms with E-state index >= 15 is 0 Å². The van der Waals surface area contributed by atoms with Crippen molar-refractivity contribution in [1.29, 1.82) is 0 Å². The van der Waals surface area contributed by atoms with Gasteiger partial charge in [0.15, 0.2) is 0 Å². The largest absolute Gasteiger partial charge is 0.287 e. The Kier molecular flexibility index (Phi) is 4.05. The Hall–Kier alpha value is 0.0200. The highest BCUT2D eigenvalue weighted by molar-refractivity contribution is 6.55. The zero-order valence-corrected chi connectivity index (χ0v) is 10.1. The molecule has 1 rings (SSSR count). The van der Waals surface area contributed by atoms with Crippen LogP contribution in [0.3, 0.4) is 0 Å². The summed E-state index contributed by atoms with van der Waals surface area (Å²) < 4.78 is 0. The van der Waals surface area contributed by atoms with Crippen LogP contribution in [0, 0.1) is 0 Å². The molecule has 0 atom stereocenters. The van der Waals surface area contributed by atoms with E-state index in [1.54, 1.807) is 12.2 Å². The molecule has 0 saturated heterocycles. The lowest BCUT2D eigenvalue weighted by Crippen LogP contribution is -2.22. The molecule has 0 saturated carbocycles. The molecule has 0 unspecified atom stereocenters. The van der Waals surface area contributed by atoms with Crippen LogP contribution in [0.2, 0.25) is 0 Å². The monoisotopic (exact) mass is 252 g/mol. The van der Waals surface area contributed by atoms with Crippen LogP contribution in [0.5, 0.6) is 0 Å². The number of hydrogen-bond acceptors (Lipinski definition) is 1. The number of halogens is 3. The number of allylic oxidation sites excluding steroid dienone is 4. The molecular formula is C10H11Cl3O. The lowest BCUT2D eigenvalue weighted by atomic mass is 9.95. The van der Waals surface area contributed by atoms with Gasteiger partial charge in [0.05, 0.1) is 14.9 Å². The predicted octanol–water partition coefficient (Wildman–Crippen LogP) is 3.98. The van der Waals surface area contributed by atoms with Crippen molar-refractivity contribution < 1.29 is 4.79 Å². The van der Waals surface area contributed by atoms with Gasteiger partial charge in [-0.2, -0.15) is 0 Å². The number of rotatable bonds is 3. The minimum Gasteiger partial charge on any atom is -0.287 e. The smallest absolute Gasteiger partial charge is 0.215 e. The van der Waals surface area contributed by atoms with Crippen molar-refractivity contribution in [2.24, 2.45) is 0 Å². The standard InChI is InChI=1S/C10H11Cl3O/c1-2-3-4-10(13)5-7(11)9(14)8(12)6-10/h5-6H,2-4H2,1H3. The summed E-state index contributed by atoms with van der Waals surface area (Å²) in [7, 11) is 0. The van der Waals surface area contributed by atoms with Crippen LogP contribution in [0.25, 0.3) is 0 Å². The van der Waals surface area contributed by atoms with Crippen LogP contribution in [0.15, 0.2) is 22.2 Å². The van der Waals surface area contributed by atoms with E-state index in [0.29, 0.717) is 0 Å². The van der Waals surface area contributed by atoms with Crippen LogP contribution in [0.1, 0.15) is 26.2 Å². The molecule has 0 amide bonds. The zero-order valence-electron chi connectivity index (χ0n) is 7.82. The number of hydrogen-bond donors (Lipinski definition) is 0. The predicted molar refractivity (Wildman–Crippen MR) is 61.0 cm³/mol. The molecule has 1 nitrogen and oxygen atoms in total. The minimum atomic E-state index is -0.682. The Bertz CT molecular complexity index is 282. The molecule has 0 aromatic rings. The van der Waals surface area contributed by atoms with Crippen LogP contribution >= 0.6 is 34.8 Å². The first-order valence-electron chi connectivity index (χ1n) is 4.49.